The summed E-state index contributed by atoms with van der Waals surface area (Å²) in [7, 11) is 0. The third-order valence-electron chi connectivity index (χ3n) is 4.95. The van der Waals surface area contributed by atoms with Gasteiger partial charge in [-0.25, -0.2) is 0 Å². The highest BCUT2D eigenvalue weighted by Crippen LogP contribution is 2.45. The van der Waals surface area contributed by atoms with Crippen LogP contribution in [0.5, 0.6) is 0 Å². The zero-order chi connectivity index (χ0) is 13.1. The van der Waals surface area contributed by atoms with Gasteiger partial charge in [-0.15, -0.1) is 0 Å². The fraction of sp³-hybridized carbons (Fsp3) is 1.00. The number of hydrogen-bond acceptors (Lipinski definition) is 4. The predicted octanol–water partition coefficient (Wildman–Crippen LogP) is 2.71. The third kappa shape index (κ3) is 3.84. The van der Waals surface area contributed by atoms with E-state index < -0.39 is 0 Å². The molecule has 2 saturated heterocycles. The molecule has 4 heteroatoms. The van der Waals surface area contributed by atoms with Crippen LogP contribution in [-0.4, -0.2) is 58.8 Å². The summed E-state index contributed by atoms with van der Waals surface area (Å²) in [5, 5.41) is 9.95. The van der Waals surface area contributed by atoms with Crippen molar-refractivity contribution in [3.05, 3.63) is 0 Å². The summed E-state index contributed by atoms with van der Waals surface area (Å²) >= 11 is 4.25. The molecule has 110 valence electrons. The van der Waals surface area contributed by atoms with E-state index in [1.54, 1.807) is 0 Å². The molecule has 0 amide bonds. The van der Waals surface area contributed by atoms with Crippen molar-refractivity contribution < 1.29 is 5.11 Å². The summed E-state index contributed by atoms with van der Waals surface area (Å²) in [6.45, 7) is 2.83. The predicted molar refractivity (Wildman–Crippen MR) is 86.1 cm³/mol. The minimum atomic E-state index is 0.237. The van der Waals surface area contributed by atoms with Gasteiger partial charge in [-0.2, -0.15) is 23.5 Å². The molecule has 3 aliphatic rings. The summed E-state index contributed by atoms with van der Waals surface area (Å²) in [6, 6.07) is 0.753. The van der Waals surface area contributed by atoms with Crippen molar-refractivity contribution in [1.82, 2.24) is 4.90 Å². The van der Waals surface area contributed by atoms with E-state index in [0.29, 0.717) is 6.61 Å². The van der Waals surface area contributed by atoms with Gasteiger partial charge in [0.05, 0.1) is 0 Å². The van der Waals surface area contributed by atoms with Gasteiger partial charge in [0, 0.05) is 47.6 Å². The second-order valence-electron chi connectivity index (χ2n) is 6.68. The number of aliphatic hydroxyl groups is 1. The summed E-state index contributed by atoms with van der Waals surface area (Å²) in [5.41, 5.74) is 0.237. The average molecular weight is 302 g/mol. The van der Waals surface area contributed by atoms with Crippen molar-refractivity contribution >= 4 is 23.5 Å². The lowest BCUT2D eigenvalue weighted by molar-refractivity contribution is 0.0105. The van der Waals surface area contributed by atoms with Crippen molar-refractivity contribution in [2.24, 2.45) is 11.3 Å². The van der Waals surface area contributed by atoms with Gasteiger partial charge in [0.25, 0.3) is 0 Å². The Kier molecular flexibility index (Phi) is 5.05. The van der Waals surface area contributed by atoms with Gasteiger partial charge in [-0.05, 0) is 31.7 Å². The van der Waals surface area contributed by atoms with Crippen LogP contribution >= 0.6 is 23.5 Å². The van der Waals surface area contributed by atoms with Crippen molar-refractivity contribution in [2.75, 3.05) is 42.7 Å². The smallest absolute Gasteiger partial charge is 0.0499 e. The third-order valence-corrected chi connectivity index (χ3v) is 7.44. The first-order chi connectivity index (χ1) is 9.31. The van der Waals surface area contributed by atoms with Crippen LogP contribution in [-0.2, 0) is 0 Å². The maximum atomic E-state index is 9.95. The largest absolute Gasteiger partial charge is 0.396 e. The molecule has 1 aliphatic carbocycles. The number of piperidine rings is 1. The molecule has 1 saturated carbocycles. The van der Waals surface area contributed by atoms with Crippen molar-refractivity contribution in [1.29, 1.82) is 0 Å². The van der Waals surface area contributed by atoms with Crippen LogP contribution in [0.4, 0.5) is 0 Å². The molecular formula is C15H27NOS2. The molecule has 0 radical (unpaired) electrons. The highest BCUT2D eigenvalue weighted by atomic mass is 32.2. The van der Waals surface area contributed by atoms with Crippen LogP contribution in [0.3, 0.4) is 0 Å². The molecule has 2 nitrogen and oxygen atoms in total. The number of aliphatic hydroxyl groups excluding tert-OH is 1. The second kappa shape index (κ2) is 6.59. The molecule has 1 atom stereocenters. The monoisotopic (exact) mass is 301 g/mol. The molecule has 3 fully saturated rings. The Labute approximate surface area is 126 Å². The first kappa shape index (κ1) is 14.6. The highest BCUT2D eigenvalue weighted by molar-refractivity contribution is 8.03. The van der Waals surface area contributed by atoms with Crippen molar-refractivity contribution in [3.63, 3.8) is 0 Å². The number of hydrogen-bond donors (Lipinski definition) is 1. The molecule has 19 heavy (non-hydrogen) atoms. The number of thioether (sulfide) groups is 2. The lowest BCUT2D eigenvalue weighted by Gasteiger charge is -2.45. The number of rotatable bonds is 4. The first-order valence-corrected chi connectivity index (χ1v) is 10.1. The minimum absolute atomic E-state index is 0.237. The molecular weight excluding hydrogens is 274 g/mol. The van der Waals surface area contributed by atoms with Gasteiger partial charge in [0.2, 0.25) is 0 Å². The Morgan fingerprint density at radius 1 is 1.16 bits per heavy atom. The Hall–Kier alpha value is 0.620. The first-order valence-electron chi connectivity index (χ1n) is 7.82. The molecule has 1 N–H and O–H groups in total. The minimum Gasteiger partial charge on any atom is -0.396 e. The standard InChI is InChI=1S/C15H27NOS2/c17-12-15(8-13-2-3-13)4-1-5-16(11-15)14-9-18-6-7-19-10-14/h13-14,17H,1-12H2/t15-/m0/s1. The quantitative estimate of drug-likeness (QED) is 0.862. The zero-order valence-electron chi connectivity index (χ0n) is 11.9. The normalized spacial score (nSPS) is 35.2. The SMILES string of the molecule is OC[C@]1(CC2CC2)CCCN(C2CSCCSC2)C1. The van der Waals surface area contributed by atoms with Gasteiger partial charge in [0.15, 0.2) is 0 Å². The summed E-state index contributed by atoms with van der Waals surface area (Å²) in [4.78, 5) is 2.72. The molecule has 2 heterocycles. The molecule has 0 spiro atoms. The van der Waals surface area contributed by atoms with Crippen LogP contribution in [0.25, 0.3) is 0 Å². The maximum Gasteiger partial charge on any atom is 0.0499 e. The van der Waals surface area contributed by atoms with Crippen LogP contribution in [0.15, 0.2) is 0 Å². The van der Waals surface area contributed by atoms with Crippen LogP contribution in [0.2, 0.25) is 0 Å². The van der Waals surface area contributed by atoms with E-state index in [-0.39, 0.29) is 5.41 Å². The van der Waals surface area contributed by atoms with E-state index in [1.165, 1.54) is 61.7 Å². The van der Waals surface area contributed by atoms with E-state index in [0.717, 1.165) is 18.5 Å². The van der Waals surface area contributed by atoms with Crippen molar-refractivity contribution in [2.45, 2.75) is 38.1 Å². The lowest BCUT2D eigenvalue weighted by atomic mass is 9.76. The molecule has 2 aliphatic heterocycles. The van der Waals surface area contributed by atoms with E-state index in [9.17, 15) is 5.11 Å². The Bertz CT molecular complexity index is 290. The van der Waals surface area contributed by atoms with Crippen LogP contribution in [0.1, 0.15) is 32.1 Å². The lowest BCUT2D eigenvalue weighted by Crippen LogP contribution is -2.51. The Balaban J connectivity index is 1.61. The second-order valence-corrected chi connectivity index (χ2v) is 8.98. The molecule has 0 aromatic heterocycles. The topological polar surface area (TPSA) is 23.5 Å². The maximum absolute atomic E-state index is 9.95. The zero-order valence-corrected chi connectivity index (χ0v) is 13.5. The number of nitrogens with zero attached hydrogens (tertiary/aromatic N) is 1. The van der Waals surface area contributed by atoms with Crippen molar-refractivity contribution in [3.8, 4) is 0 Å². The van der Waals surface area contributed by atoms with E-state index >= 15 is 0 Å². The molecule has 0 aromatic rings. The van der Waals surface area contributed by atoms with Crippen LogP contribution in [0, 0.1) is 11.3 Å². The molecule has 3 rings (SSSR count). The molecule has 0 aromatic carbocycles. The molecule has 0 unspecified atom stereocenters. The molecule has 0 bridgehead atoms. The van der Waals surface area contributed by atoms with E-state index in [2.05, 4.69) is 28.4 Å². The highest BCUT2D eigenvalue weighted by Gasteiger charge is 2.41. The summed E-state index contributed by atoms with van der Waals surface area (Å²) < 4.78 is 0. The van der Waals surface area contributed by atoms with E-state index in [1.807, 2.05) is 0 Å². The van der Waals surface area contributed by atoms with Crippen LogP contribution < -0.4 is 0 Å². The summed E-state index contributed by atoms with van der Waals surface area (Å²) in [6.07, 6.45) is 6.66. The van der Waals surface area contributed by atoms with Gasteiger partial charge in [-0.3, -0.25) is 4.90 Å². The van der Waals surface area contributed by atoms with Gasteiger partial charge >= 0.3 is 0 Å². The summed E-state index contributed by atoms with van der Waals surface area (Å²) in [5.74, 6) is 6.19. The Morgan fingerprint density at radius 2 is 1.89 bits per heavy atom. The van der Waals surface area contributed by atoms with Gasteiger partial charge < -0.3 is 5.11 Å². The fourth-order valence-electron chi connectivity index (χ4n) is 3.67. The van der Waals surface area contributed by atoms with Gasteiger partial charge in [0.1, 0.15) is 0 Å². The number of likely N-dealkylation sites (tertiary alicyclic amines) is 1. The Morgan fingerprint density at radius 3 is 2.53 bits per heavy atom. The van der Waals surface area contributed by atoms with E-state index in [4.69, 9.17) is 0 Å². The average Bonchev–Trinajstić information content (AvgIpc) is 3.25. The fourth-order valence-corrected chi connectivity index (χ4v) is 6.29. The van der Waals surface area contributed by atoms with Gasteiger partial charge in [-0.1, -0.05) is 12.8 Å².